The van der Waals surface area contributed by atoms with E-state index in [2.05, 4.69) is 62.5 Å². The predicted molar refractivity (Wildman–Crippen MR) is 350 cm³/mol. The summed E-state index contributed by atoms with van der Waals surface area (Å²) in [7, 11) is -8.56. The molecule has 0 atom stereocenters. The molecule has 6 nitrogen and oxygen atoms in total. The van der Waals surface area contributed by atoms with Crippen LogP contribution in [0.15, 0.2) is 48.6 Å². The summed E-state index contributed by atoms with van der Waals surface area (Å²) in [6.45, 7) is 4.57. The Hall–Kier alpha value is -0.0517. The summed E-state index contributed by atoms with van der Waals surface area (Å²) in [5.41, 5.74) is 0. The molecule has 0 heterocycles. The van der Waals surface area contributed by atoms with Crippen molar-refractivity contribution in [1.82, 2.24) is 0 Å². The van der Waals surface area contributed by atoms with E-state index in [4.69, 9.17) is 0 Å². The predicted octanol–water partition coefficient (Wildman–Crippen LogP) is 23.5. The number of allylic oxidation sites excluding steroid dienone is 8. The summed E-state index contributed by atoms with van der Waals surface area (Å²) in [5, 5.41) is 0. The monoisotopic (exact) mass is 1260 g/mol. The first kappa shape index (κ1) is 85.2. The van der Waals surface area contributed by atoms with Crippen LogP contribution in [0.3, 0.4) is 0 Å². The third-order valence-corrected chi connectivity index (χ3v) is 17.9. The van der Waals surface area contributed by atoms with E-state index < -0.39 is 15.2 Å². The van der Waals surface area contributed by atoms with Gasteiger partial charge in [-0.3, -0.25) is 0 Å². The van der Waals surface area contributed by atoms with Gasteiger partial charge >= 0.3 is 21.1 Å². The first-order chi connectivity index (χ1) is 39.1. The second kappa shape index (κ2) is 74.2. The van der Waals surface area contributed by atoms with Crippen molar-refractivity contribution < 1.29 is 49.8 Å². The summed E-state index contributed by atoms with van der Waals surface area (Å²) in [6.07, 6.45) is 97.2. The molecule has 0 spiro atoms. The molecule has 0 bridgehead atoms. The van der Waals surface area contributed by atoms with Gasteiger partial charge in [0.15, 0.2) is 0 Å². The average molecular weight is 1260 g/mol. The molecule has 0 saturated heterocycles. The molecule has 0 amide bonds. The van der Waals surface area contributed by atoms with Crippen LogP contribution < -0.4 is 19.6 Å². The maximum atomic E-state index is 10.6. The van der Waals surface area contributed by atoms with Gasteiger partial charge in [-0.05, 0) is 128 Å². The normalized spacial score (nSPS) is 12.2. The van der Waals surface area contributed by atoms with Gasteiger partial charge in [-0.25, -0.2) is 0 Å². The van der Waals surface area contributed by atoms with Crippen LogP contribution in [-0.2, 0) is 30.2 Å². The zero-order valence-corrected chi connectivity index (χ0v) is 58.0. The van der Waals surface area contributed by atoms with Gasteiger partial charge in [0.25, 0.3) is 0 Å². The molecule has 0 unspecified atom stereocenters. The fraction of sp³-hybridized carbons (Fsp3) is 0.889. The molecule has 0 aliphatic rings. The average Bonchev–Trinajstić information content (AvgIpc) is 3.42. The molecule has 478 valence electrons. The van der Waals surface area contributed by atoms with Crippen molar-refractivity contribution in [3.8, 4) is 0 Å². The number of rotatable bonds is 66. The van der Waals surface area contributed by atoms with Gasteiger partial charge in [0.05, 0.1) is 0 Å². The summed E-state index contributed by atoms with van der Waals surface area (Å²) < 4.78 is 21.1. The SMILES string of the molecule is CCCCCCCC/C=C\CCCCCCCCCCCCCCCC/C=C\CCCCCCCCP(=O)([O-])[O-].CCCCCCCC/C=C\CCCCCCCCCCCCCCCC/C=C\CCCCCCCCP(=O)([O-])[O-].[Mo+4]. The Bertz CT molecular complexity index is 1270. The van der Waals surface area contributed by atoms with Crippen LogP contribution in [-0.4, -0.2) is 12.3 Å². The maximum absolute atomic E-state index is 10.6. The minimum Gasteiger partial charge on any atom is -0.811 e. The van der Waals surface area contributed by atoms with E-state index in [1.165, 1.54) is 321 Å². The van der Waals surface area contributed by atoms with Gasteiger partial charge in [-0.2, -0.15) is 0 Å². The molecule has 0 aromatic rings. The first-order valence-corrected chi connectivity index (χ1v) is 39.2. The minimum absolute atomic E-state index is 0. The fourth-order valence-corrected chi connectivity index (χ4v) is 12.1. The van der Waals surface area contributed by atoms with Gasteiger partial charge < -0.3 is 28.7 Å². The molecular formula is C72H138MoO6P2. The summed E-state index contributed by atoms with van der Waals surface area (Å²) in [4.78, 5) is 42.3. The van der Waals surface area contributed by atoms with E-state index in [1.807, 2.05) is 0 Å². The van der Waals surface area contributed by atoms with E-state index in [9.17, 15) is 28.7 Å². The van der Waals surface area contributed by atoms with Crippen LogP contribution in [0.2, 0.25) is 0 Å². The van der Waals surface area contributed by atoms with E-state index in [0.717, 1.165) is 51.4 Å². The Balaban J connectivity index is -0.00000148. The topological polar surface area (TPSA) is 126 Å². The van der Waals surface area contributed by atoms with Crippen molar-refractivity contribution in [2.45, 2.75) is 399 Å². The molecule has 81 heavy (non-hydrogen) atoms. The minimum atomic E-state index is -4.28. The molecule has 0 rings (SSSR count). The number of hydrogen-bond donors (Lipinski definition) is 0. The zero-order chi connectivity index (χ0) is 58.5. The Morgan fingerprint density at radius 2 is 0.309 bits per heavy atom. The van der Waals surface area contributed by atoms with E-state index in [-0.39, 0.29) is 33.4 Å². The Morgan fingerprint density at radius 1 is 0.198 bits per heavy atom. The molecule has 9 heteroatoms. The van der Waals surface area contributed by atoms with Crippen molar-refractivity contribution in [2.24, 2.45) is 0 Å². The van der Waals surface area contributed by atoms with Crippen molar-refractivity contribution in [1.29, 1.82) is 0 Å². The number of unbranched alkanes of at least 4 members (excludes halogenated alkanes) is 54. The Kier molecular flexibility index (Phi) is 78.0. The Labute approximate surface area is 521 Å². The van der Waals surface area contributed by atoms with Crippen LogP contribution >= 0.6 is 15.2 Å². The van der Waals surface area contributed by atoms with Crippen molar-refractivity contribution >= 4 is 15.2 Å². The first-order valence-electron chi connectivity index (χ1n) is 35.7. The zero-order valence-electron chi connectivity index (χ0n) is 54.2. The molecule has 0 radical (unpaired) electrons. The smallest absolute Gasteiger partial charge is 0.811 e. The van der Waals surface area contributed by atoms with Crippen LogP contribution in [0.5, 0.6) is 0 Å². The maximum Gasteiger partial charge on any atom is 4.00 e. The van der Waals surface area contributed by atoms with Gasteiger partial charge in [-0.1, -0.05) is 347 Å². The van der Waals surface area contributed by atoms with Crippen LogP contribution in [0, 0.1) is 0 Å². The quantitative estimate of drug-likeness (QED) is 0.0258. The standard InChI is InChI=1S/2C36H71O3P.Mo/c2*1-2-3-4-5-6-7-8-9-10-11-12-13-14-15-16-17-18-19-20-21-22-23-24-25-26-27-28-29-30-31-32-33-34-35-36-40(37,38)39;/h2*9-10,27-28H,2-8,11-26,29-36H2,1H3,(H2,37,38,39);/q;;+4/p-4/b2*10-9-,28-27-;. The molecule has 0 aliphatic carbocycles. The second-order valence-electron chi connectivity index (χ2n) is 24.5. The fourth-order valence-electron chi connectivity index (χ4n) is 10.9. The summed E-state index contributed by atoms with van der Waals surface area (Å²) in [5.74, 6) is 0. The van der Waals surface area contributed by atoms with Gasteiger partial charge in [0.2, 0.25) is 0 Å². The molecule has 0 saturated carbocycles. The molecule has 0 aliphatic heterocycles. The van der Waals surface area contributed by atoms with Crippen molar-refractivity contribution in [3.63, 3.8) is 0 Å². The molecule has 0 aromatic carbocycles. The van der Waals surface area contributed by atoms with Gasteiger partial charge in [-0.15, -0.1) is 0 Å². The summed E-state index contributed by atoms with van der Waals surface area (Å²) >= 11 is 0. The second-order valence-corrected chi connectivity index (χ2v) is 27.9. The van der Waals surface area contributed by atoms with Crippen molar-refractivity contribution in [3.05, 3.63) is 48.6 Å². The van der Waals surface area contributed by atoms with E-state index >= 15 is 0 Å². The molecule has 0 N–H and O–H groups in total. The molecule has 0 fully saturated rings. The van der Waals surface area contributed by atoms with Crippen molar-refractivity contribution in [2.75, 3.05) is 12.3 Å². The Morgan fingerprint density at radius 3 is 0.432 bits per heavy atom. The number of hydrogen-bond acceptors (Lipinski definition) is 6. The molecule has 0 aromatic heterocycles. The third kappa shape index (κ3) is 88.8. The van der Waals surface area contributed by atoms with E-state index in [0.29, 0.717) is 12.8 Å². The third-order valence-electron chi connectivity index (χ3n) is 16.2. The largest absolute Gasteiger partial charge is 4.00 e. The van der Waals surface area contributed by atoms with Crippen LogP contribution in [0.25, 0.3) is 0 Å². The summed E-state index contributed by atoms with van der Waals surface area (Å²) in [6, 6.07) is 0. The van der Waals surface area contributed by atoms with Crippen LogP contribution in [0.1, 0.15) is 399 Å². The van der Waals surface area contributed by atoms with Gasteiger partial charge in [0, 0.05) is 0 Å². The van der Waals surface area contributed by atoms with Gasteiger partial charge in [0.1, 0.15) is 0 Å². The molecular weight excluding hydrogens is 1120 g/mol. The van der Waals surface area contributed by atoms with Crippen LogP contribution in [0.4, 0.5) is 0 Å². The van der Waals surface area contributed by atoms with E-state index in [1.54, 1.807) is 0 Å².